The van der Waals surface area contributed by atoms with Crippen molar-refractivity contribution in [2.75, 3.05) is 6.61 Å². The first-order valence-electron chi connectivity index (χ1n) is 6.94. The van der Waals surface area contributed by atoms with Crippen LogP contribution >= 0.6 is 0 Å². The number of aromatic nitrogens is 3. The van der Waals surface area contributed by atoms with Gasteiger partial charge in [0.1, 0.15) is 5.82 Å². The van der Waals surface area contributed by atoms with Gasteiger partial charge in [0.05, 0.1) is 6.10 Å². The maximum Gasteiger partial charge on any atom is 0.153 e. The minimum absolute atomic E-state index is 0.363. The molecule has 1 aliphatic heterocycles. The number of aromatic amines is 1. The molecular formula is C13H21N3O. The molecule has 0 radical (unpaired) electrons. The van der Waals surface area contributed by atoms with Crippen molar-refractivity contribution in [3.63, 3.8) is 0 Å². The molecule has 0 amide bonds. The third-order valence-corrected chi connectivity index (χ3v) is 3.96. The van der Waals surface area contributed by atoms with E-state index in [1.165, 1.54) is 44.9 Å². The van der Waals surface area contributed by atoms with Crippen LogP contribution in [0.15, 0.2) is 0 Å². The SMILES string of the molecule is C1CCC(c2n[nH]c(CC3CCCO3)n2)CC1. The van der Waals surface area contributed by atoms with Gasteiger partial charge in [0.2, 0.25) is 0 Å². The molecule has 1 atom stereocenters. The zero-order chi connectivity index (χ0) is 11.5. The molecule has 4 heteroatoms. The number of hydrogen-bond acceptors (Lipinski definition) is 3. The fourth-order valence-electron chi connectivity index (χ4n) is 2.97. The van der Waals surface area contributed by atoms with Crippen LogP contribution in [0, 0.1) is 0 Å². The lowest BCUT2D eigenvalue weighted by Gasteiger charge is -2.18. The van der Waals surface area contributed by atoms with Gasteiger partial charge in [-0.05, 0) is 25.7 Å². The summed E-state index contributed by atoms with van der Waals surface area (Å²) in [6.07, 6.45) is 10.2. The second-order valence-electron chi connectivity index (χ2n) is 5.31. The zero-order valence-corrected chi connectivity index (χ0v) is 10.3. The molecule has 4 nitrogen and oxygen atoms in total. The smallest absolute Gasteiger partial charge is 0.153 e. The molecule has 17 heavy (non-hydrogen) atoms. The number of nitrogens with one attached hydrogen (secondary N) is 1. The van der Waals surface area contributed by atoms with Crippen molar-refractivity contribution in [1.29, 1.82) is 0 Å². The van der Waals surface area contributed by atoms with Gasteiger partial charge in [-0.1, -0.05) is 19.3 Å². The largest absolute Gasteiger partial charge is 0.378 e. The summed E-state index contributed by atoms with van der Waals surface area (Å²) in [7, 11) is 0. The zero-order valence-electron chi connectivity index (χ0n) is 10.3. The van der Waals surface area contributed by atoms with Crippen LogP contribution in [0.2, 0.25) is 0 Å². The molecule has 1 unspecified atom stereocenters. The Bertz CT molecular complexity index is 351. The summed E-state index contributed by atoms with van der Waals surface area (Å²) in [6, 6.07) is 0. The summed E-state index contributed by atoms with van der Waals surface area (Å²) in [5.74, 6) is 2.65. The fraction of sp³-hybridized carbons (Fsp3) is 0.846. The lowest BCUT2D eigenvalue weighted by Crippen LogP contribution is -2.10. The van der Waals surface area contributed by atoms with Crippen molar-refractivity contribution in [3.05, 3.63) is 11.6 Å². The van der Waals surface area contributed by atoms with Crippen LogP contribution in [0.4, 0.5) is 0 Å². The normalized spacial score (nSPS) is 26.5. The Morgan fingerprint density at radius 3 is 2.76 bits per heavy atom. The molecule has 1 aromatic rings. The molecule has 94 valence electrons. The standard InChI is InChI=1S/C13H21N3O/c1-2-5-10(6-3-1)13-14-12(15-16-13)9-11-7-4-8-17-11/h10-11H,1-9H2,(H,14,15,16). The average molecular weight is 235 g/mol. The number of rotatable bonds is 3. The number of H-pyrrole nitrogens is 1. The van der Waals surface area contributed by atoms with Gasteiger partial charge in [0.15, 0.2) is 5.82 Å². The molecule has 1 aliphatic carbocycles. The first kappa shape index (κ1) is 11.2. The maximum absolute atomic E-state index is 5.62. The van der Waals surface area contributed by atoms with Crippen molar-refractivity contribution in [2.24, 2.45) is 0 Å². The molecule has 3 rings (SSSR count). The van der Waals surface area contributed by atoms with E-state index in [-0.39, 0.29) is 0 Å². The third kappa shape index (κ3) is 2.68. The first-order valence-corrected chi connectivity index (χ1v) is 6.94. The fourth-order valence-corrected chi connectivity index (χ4v) is 2.97. The van der Waals surface area contributed by atoms with Crippen molar-refractivity contribution in [2.45, 2.75) is 63.4 Å². The highest BCUT2D eigenvalue weighted by Gasteiger charge is 2.22. The van der Waals surface area contributed by atoms with Gasteiger partial charge in [0.25, 0.3) is 0 Å². The van der Waals surface area contributed by atoms with Crippen molar-refractivity contribution < 1.29 is 4.74 Å². The number of hydrogen-bond donors (Lipinski definition) is 1. The molecule has 1 saturated heterocycles. The molecule has 1 N–H and O–H groups in total. The maximum atomic E-state index is 5.62. The van der Waals surface area contributed by atoms with Crippen LogP contribution in [0.25, 0.3) is 0 Å². The Morgan fingerprint density at radius 1 is 1.12 bits per heavy atom. The Labute approximate surface area is 102 Å². The quantitative estimate of drug-likeness (QED) is 0.876. The average Bonchev–Trinajstić information content (AvgIpc) is 3.02. The Kier molecular flexibility index (Phi) is 3.41. The Hall–Kier alpha value is -0.900. The molecule has 1 aromatic heterocycles. The predicted octanol–water partition coefficient (Wildman–Crippen LogP) is 2.57. The first-order chi connectivity index (χ1) is 8.42. The van der Waals surface area contributed by atoms with E-state index in [1.807, 2.05) is 0 Å². The molecule has 1 saturated carbocycles. The highest BCUT2D eigenvalue weighted by molar-refractivity contribution is 5.00. The van der Waals surface area contributed by atoms with Crippen molar-refractivity contribution >= 4 is 0 Å². The van der Waals surface area contributed by atoms with E-state index >= 15 is 0 Å². The minimum Gasteiger partial charge on any atom is -0.378 e. The van der Waals surface area contributed by atoms with E-state index < -0.39 is 0 Å². The van der Waals surface area contributed by atoms with Crippen molar-refractivity contribution in [3.8, 4) is 0 Å². The molecular weight excluding hydrogens is 214 g/mol. The van der Waals surface area contributed by atoms with Gasteiger partial charge in [0, 0.05) is 18.9 Å². The summed E-state index contributed by atoms with van der Waals surface area (Å²) in [5, 5.41) is 7.48. The Morgan fingerprint density at radius 2 is 2.00 bits per heavy atom. The number of ether oxygens (including phenoxy) is 1. The topological polar surface area (TPSA) is 50.8 Å². The van der Waals surface area contributed by atoms with Crippen molar-refractivity contribution in [1.82, 2.24) is 15.2 Å². The van der Waals surface area contributed by atoms with Crippen LogP contribution in [0.5, 0.6) is 0 Å². The van der Waals surface area contributed by atoms with Gasteiger partial charge in [-0.15, -0.1) is 0 Å². The lowest BCUT2D eigenvalue weighted by atomic mass is 9.89. The predicted molar refractivity (Wildman–Crippen MR) is 64.9 cm³/mol. The van der Waals surface area contributed by atoms with E-state index in [2.05, 4.69) is 15.2 Å². The van der Waals surface area contributed by atoms with E-state index in [1.54, 1.807) is 0 Å². The van der Waals surface area contributed by atoms with Crippen LogP contribution in [-0.2, 0) is 11.2 Å². The molecule has 0 aromatic carbocycles. The summed E-state index contributed by atoms with van der Waals surface area (Å²) in [5.41, 5.74) is 0. The van der Waals surface area contributed by atoms with E-state index in [0.717, 1.165) is 24.7 Å². The monoisotopic (exact) mass is 235 g/mol. The van der Waals surface area contributed by atoms with Gasteiger partial charge in [-0.3, -0.25) is 5.10 Å². The highest BCUT2D eigenvalue weighted by Crippen LogP contribution is 2.30. The summed E-state index contributed by atoms with van der Waals surface area (Å²) >= 11 is 0. The molecule has 2 fully saturated rings. The molecule has 2 aliphatic rings. The van der Waals surface area contributed by atoms with E-state index in [4.69, 9.17) is 4.74 Å². The van der Waals surface area contributed by atoms with Crippen LogP contribution in [-0.4, -0.2) is 27.9 Å². The highest BCUT2D eigenvalue weighted by atomic mass is 16.5. The van der Waals surface area contributed by atoms with Crippen LogP contribution < -0.4 is 0 Å². The lowest BCUT2D eigenvalue weighted by molar-refractivity contribution is 0.110. The van der Waals surface area contributed by atoms with Crippen LogP contribution in [0.3, 0.4) is 0 Å². The Balaban J connectivity index is 1.60. The van der Waals surface area contributed by atoms with E-state index in [0.29, 0.717) is 12.0 Å². The van der Waals surface area contributed by atoms with Gasteiger partial charge in [-0.2, -0.15) is 5.10 Å². The molecule has 0 spiro atoms. The second kappa shape index (κ2) is 5.17. The third-order valence-electron chi connectivity index (χ3n) is 3.96. The van der Waals surface area contributed by atoms with Crippen LogP contribution in [0.1, 0.15) is 62.5 Å². The van der Waals surface area contributed by atoms with Gasteiger partial charge >= 0.3 is 0 Å². The second-order valence-corrected chi connectivity index (χ2v) is 5.31. The minimum atomic E-state index is 0.363. The van der Waals surface area contributed by atoms with E-state index in [9.17, 15) is 0 Å². The van der Waals surface area contributed by atoms with Gasteiger partial charge in [-0.25, -0.2) is 4.98 Å². The summed E-state index contributed by atoms with van der Waals surface area (Å²) in [4.78, 5) is 4.65. The summed E-state index contributed by atoms with van der Waals surface area (Å²) < 4.78 is 5.62. The van der Waals surface area contributed by atoms with Gasteiger partial charge < -0.3 is 4.74 Å². The number of nitrogens with zero attached hydrogens (tertiary/aromatic N) is 2. The molecule has 0 bridgehead atoms. The molecule has 2 heterocycles. The summed E-state index contributed by atoms with van der Waals surface area (Å²) in [6.45, 7) is 0.911.